The highest BCUT2D eigenvalue weighted by atomic mass is 32.1. The topological polar surface area (TPSA) is 68.8 Å². The Bertz CT molecular complexity index is 1070. The summed E-state index contributed by atoms with van der Waals surface area (Å²) >= 11 is 6.85. The summed E-state index contributed by atoms with van der Waals surface area (Å²) in [6.45, 7) is 2.74. The number of hydrogen-bond acceptors (Lipinski definition) is 6. The Morgan fingerprint density at radius 2 is 1.81 bits per heavy atom. The zero-order valence-electron chi connectivity index (χ0n) is 18.3. The first-order valence-corrected chi connectivity index (χ1v) is 11.5. The van der Waals surface area contributed by atoms with Crippen LogP contribution in [0.4, 0.5) is 5.00 Å². The van der Waals surface area contributed by atoms with Gasteiger partial charge in [-0.25, -0.2) is 4.79 Å². The quantitative estimate of drug-likeness (QED) is 0.332. The first-order chi connectivity index (χ1) is 15.6. The van der Waals surface area contributed by atoms with Crippen molar-refractivity contribution in [2.75, 3.05) is 32.7 Å². The molecule has 2 N–H and O–H groups in total. The predicted molar refractivity (Wildman–Crippen MR) is 133 cm³/mol. The van der Waals surface area contributed by atoms with Crippen LogP contribution < -0.4 is 20.1 Å². The number of anilines is 1. The molecule has 6 nitrogen and oxygen atoms in total. The average Bonchev–Trinajstić information content (AvgIpc) is 3.22. The van der Waals surface area contributed by atoms with Gasteiger partial charge in [-0.15, -0.1) is 11.3 Å². The number of rotatable bonds is 9. The number of hydrogen-bond donors (Lipinski definition) is 2. The van der Waals surface area contributed by atoms with Crippen molar-refractivity contribution in [2.45, 2.75) is 13.3 Å². The van der Waals surface area contributed by atoms with Crippen molar-refractivity contribution < 1.29 is 19.0 Å². The molecular formula is C24H26N2O4S2. The standard InChI is InChI=1S/C24H26N2O4S2/c1-4-30-23(27)21-18(17-10-11-19(28-2)20(14-17)29-3)15-32-22(21)26-24(31)25-13-12-16-8-6-5-7-9-16/h5-11,14-15H,4,12-13H2,1-3H3,(H2,25,26,31). The SMILES string of the molecule is CCOC(=O)c1c(-c2ccc(OC)c(OC)c2)csc1NC(=S)NCCc1ccccc1. The molecule has 32 heavy (non-hydrogen) atoms. The molecule has 0 saturated carbocycles. The molecule has 0 unspecified atom stereocenters. The minimum absolute atomic E-state index is 0.277. The lowest BCUT2D eigenvalue weighted by Gasteiger charge is -2.13. The van der Waals surface area contributed by atoms with Gasteiger partial charge >= 0.3 is 5.97 Å². The second-order valence-corrected chi connectivity index (χ2v) is 8.05. The van der Waals surface area contributed by atoms with Crippen molar-refractivity contribution in [3.63, 3.8) is 0 Å². The third kappa shape index (κ3) is 5.77. The zero-order valence-corrected chi connectivity index (χ0v) is 19.9. The molecule has 3 rings (SSSR count). The summed E-state index contributed by atoms with van der Waals surface area (Å²) in [5.41, 5.74) is 3.22. The smallest absolute Gasteiger partial charge is 0.341 e. The molecule has 1 aromatic heterocycles. The lowest BCUT2D eigenvalue weighted by atomic mass is 10.0. The van der Waals surface area contributed by atoms with E-state index in [1.165, 1.54) is 16.9 Å². The summed E-state index contributed by atoms with van der Waals surface area (Å²) in [7, 11) is 3.16. The maximum absolute atomic E-state index is 12.8. The molecule has 0 fully saturated rings. The number of benzene rings is 2. The molecule has 3 aromatic rings. The number of methoxy groups -OCH3 is 2. The van der Waals surface area contributed by atoms with Gasteiger partial charge in [0, 0.05) is 17.5 Å². The molecule has 0 amide bonds. The highest BCUT2D eigenvalue weighted by Gasteiger charge is 2.23. The maximum atomic E-state index is 12.8. The second-order valence-electron chi connectivity index (χ2n) is 6.76. The lowest BCUT2D eigenvalue weighted by molar-refractivity contribution is 0.0529. The number of thiophene rings is 1. The van der Waals surface area contributed by atoms with Crippen molar-refractivity contribution in [1.29, 1.82) is 0 Å². The molecule has 0 aliphatic heterocycles. The highest BCUT2D eigenvalue weighted by molar-refractivity contribution is 7.80. The zero-order chi connectivity index (χ0) is 22.9. The van der Waals surface area contributed by atoms with Gasteiger partial charge in [-0.2, -0.15) is 0 Å². The van der Waals surface area contributed by atoms with Crippen LogP contribution in [0.2, 0.25) is 0 Å². The first-order valence-electron chi connectivity index (χ1n) is 10.2. The van der Waals surface area contributed by atoms with E-state index in [9.17, 15) is 4.79 Å². The van der Waals surface area contributed by atoms with Crippen molar-refractivity contribution in [1.82, 2.24) is 5.32 Å². The summed E-state index contributed by atoms with van der Waals surface area (Å²) in [5.74, 6) is 0.790. The number of thiocarbonyl (C=S) groups is 1. The molecule has 0 saturated heterocycles. The Hall–Kier alpha value is -3.10. The van der Waals surface area contributed by atoms with Crippen LogP contribution in [0.3, 0.4) is 0 Å². The summed E-state index contributed by atoms with van der Waals surface area (Å²) < 4.78 is 16.1. The van der Waals surface area contributed by atoms with E-state index < -0.39 is 5.97 Å². The number of carbonyl (C=O) groups is 1. The normalized spacial score (nSPS) is 10.3. The van der Waals surface area contributed by atoms with Crippen molar-refractivity contribution >= 4 is 39.6 Å². The molecule has 0 bridgehead atoms. The van der Waals surface area contributed by atoms with Gasteiger partial charge in [0.15, 0.2) is 16.6 Å². The summed E-state index contributed by atoms with van der Waals surface area (Å²) in [5, 5.41) is 9.34. The van der Waals surface area contributed by atoms with Crippen LogP contribution in [-0.2, 0) is 11.2 Å². The number of carbonyl (C=O) groups excluding carboxylic acids is 1. The number of esters is 1. The Kier molecular flexibility index (Phi) is 8.47. The van der Waals surface area contributed by atoms with Gasteiger partial charge in [0.1, 0.15) is 10.6 Å². The van der Waals surface area contributed by atoms with Gasteiger partial charge in [-0.05, 0) is 48.8 Å². The predicted octanol–water partition coefficient (Wildman–Crippen LogP) is 5.14. The van der Waals surface area contributed by atoms with Crippen LogP contribution in [-0.4, -0.2) is 38.5 Å². The molecule has 2 aromatic carbocycles. The minimum atomic E-state index is -0.409. The summed E-state index contributed by atoms with van der Waals surface area (Å²) in [6.07, 6.45) is 0.842. The van der Waals surface area contributed by atoms with E-state index in [4.69, 9.17) is 26.4 Å². The van der Waals surface area contributed by atoms with Gasteiger partial charge in [0.2, 0.25) is 0 Å². The van der Waals surface area contributed by atoms with E-state index in [2.05, 4.69) is 22.8 Å². The molecular weight excluding hydrogens is 444 g/mol. The van der Waals surface area contributed by atoms with E-state index in [1.54, 1.807) is 21.1 Å². The van der Waals surface area contributed by atoms with Gasteiger partial charge in [-0.1, -0.05) is 36.4 Å². The van der Waals surface area contributed by atoms with Crippen LogP contribution in [0.15, 0.2) is 53.9 Å². The van der Waals surface area contributed by atoms with E-state index in [-0.39, 0.29) is 6.61 Å². The third-order valence-electron chi connectivity index (χ3n) is 4.73. The molecule has 0 atom stereocenters. The van der Waals surface area contributed by atoms with E-state index in [1.807, 2.05) is 41.8 Å². The first kappa shape index (κ1) is 23.6. The largest absolute Gasteiger partial charge is 0.493 e. The third-order valence-corrected chi connectivity index (χ3v) is 5.88. The van der Waals surface area contributed by atoms with Crippen LogP contribution in [0.5, 0.6) is 11.5 Å². The number of nitrogens with one attached hydrogen (secondary N) is 2. The molecule has 1 heterocycles. The average molecular weight is 471 g/mol. The molecule has 0 aliphatic carbocycles. The Labute approximate surface area is 197 Å². The van der Waals surface area contributed by atoms with Crippen LogP contribution in [0.1, 0.15) is 22.8 Å². The van der Waals surface area contributed by atoms with E-state index >= 15 is 0 Å². The number of ether oxygens (including phenoxy) is 3. The van der Waals surface area contributed by atoms with Crippen molar-refractivity contribution in [3.8, 4) is 22.6 Å². The Morgan fingerprint density at radius 3 is 2.50 bits per heavy atom. The molecule has 0 spiro atoms. The van der Waals surface area contributed by atoms with Gasteiger partial charge < -0.3 is 24.8 Å². The van der Waals surface area contributed by atoms with Crippen LogP contribution >= 0.6 is 23.6 Å². The fourth-order valence-electron chi connectivity index (χ4n) is 3.18. The van der Waals surface area contributed by atoms with Gasteiger partial charge in [0.05, 0.1) is 20.8 Å². The monoisotopic (exact) mass is 470 g/mol. The molecule has 8 heteroatoms. The molecule has 168 valence electrons. The second kappa shape index (κ2) is 11.5. The van der Waals surface area contributed by atoms with E-state index in [0.717, 1.165) is 17.5 Å². The van der Waals surface area contributed by atoms with Crippen LogP contribution in [0, 0.1) is 0 Å². The van der Waals surface area contributed by atoms with Gasteiger partial charge in [0.25, 0.3) is 0 Å². The Morgan fingerprint density at radius 1 is 1.06 bits per heavy atom. The minimum Gasteiger partial charge on any atom is -0.493 e. The fraction of sp³-hybridized carbons (Fsp3) is 0.250. The Balaban J connectivity index is 1.80. The van der Waals surface area contributed by atoms with Crippen molar-refractivity contribution in [3.05, 3.63) is 65.0 Å². The fourth-order valence-corrected chi connectivity index (χ4v) is 4.41. The van der Waals surface area contributed by atoms with Crippen LogP contribution in [0.25, 0.3) is 11.1 Å². The lowest BCUT2D eigenvalue weighted by Crippen LogP contribution is -2.30. The molecule has 0 radical (unpaired) electrons. The summed E-state index contributed by atoms with van der Waals surface area (Å²) in [6, 6.07) is 15.7. The van der Waals surface area contributed by atoms with Crippen molar-refractivity contribution in [2.24, 2.45) is 0 Å². The summed E-state index contributed by atoms with van der Waals surface area (Å²) in [4.78, 5) is 12.8. The van der Waals surface area contributed by atoms with E-state index in [0.29, 0.717) is 33.7 Å². The molecule has 0 aliphatic rings. The van der Waals surface area contributed by atoms with Gasteiger partial charge in [-0.3, -0.25) is 0 Å². The highest BCUT2D eigenvalue weighted by Crippen LogP contribution is 2.39. The maximum Gasteiger partial charge on any atom is 0.341 e.